The molecule has 2 unspecified atom stereocenters. The number of nitrogens with zero attached hydrogens (tertiary/aromatic N) is 4. The number of aromatic hydroxyl groups is 2. The van der Waals surface area contributed by atoms with E-state index < -0.39 is 0 Å². The summed E-state index contributed by atoms with van der Waals surface area (Å²) in [6.07, 6.45) is 0. The van der Waals surface area contributed by atoms with E-state index in [1.807, 2.05) is 70.5 Å². The Balaban J connectivity index is 1.04. The van der Waals surface area contributed by atoms with E-state index in [1.165, 1.54) is 0 Å². The van der Waals surface area contributed by atoms with Gasteiger partial charge >= 0.3 is 0 Å². The van der Waals surface area contributed by atoms with Crippen molar-refractivity contribution in [1.82, 2.24) is 4.90 Å². The minimum Gasteiger partial charge on any atom is -0.508 e. The van der Waals surface area contributed by atoms with Crippen molar-refractivity contribution in [1.29, 1.82) is 0 Å². The summed E-state index contributed by atoms with van der Waals surface area (Å²) >= 11 is 3.17. The Hall–Kier alpha value is -4.41. The zero-order valence-corrected chi connectivity index (χ0v) is 25.4. The Morgan fingerprint density at radius 2 is 1.14 bits per heavy atom. The summed E-state index contributed by atoms with van der Waals surface area (Å²) in [5.41, 5.74) is 5.77. The molecule has 2 saturated heterocycles. The van der Waals surface area contributed by atoms with Crippen LogP contribution in [0.2, 0.25) is 0 Å². The molecule has 0 radical (unpaired) electrons. The second-order valence-corrected chi connectivity index (χ2v) is 13.0. The van der Waals surface area contributed by atoms with Gasteiger partial charge in [-0.15, -0.1) is 23.5 Å². The first kappa shape index (κ1) is 28.4. The molecule has 4 aromatic carbocycles. The first-order chi connectivity index (χ1) is 21.4. The monoisotopic (exact) mass is 622 g/mol. The fourth-order valence-corrected chi connectivity index (χ4v) is 8.20. The maximum Gasteiger partial charge on any atom is 0.238 e. The lowest BCUT2D eigenvalue weighted by molar-refractivity contribution is -0.116. The topological polar surface area (TPSA) is 96.7 Å². The van der Waals surface area contributed by atoms with Gasteiger partial charge in [0.1, 0.15) is 28.1 Å². The summed E-state index contributed by atoms with van der Waals surface area (Å²) < 4.78 is 0. The lowest BCUT2D eigenvalue weighted by Gasteiger charge is -2.26. The standard InChI is InChI=1S/C34H30N4O4S2/c39-28-13-5-24(6-14-28)33-37(30(41)20-43-33)26-9-1-22(2-10-26)19-36-18-17-35-32(36)23-3-11-27(12-4-23)38-31(42)21-44-34(38)25-7-15-29(40)16-8-25/h1-16,33-34,39-40H,17-21H2. The van der Waals surface area contributed by atoms with Gasteiger partial charge in [0, 0.05) is 30.0 Å². The molecule has 2 atom stereocenters. The Labute approximate surface area is 264 Å². The molecule has 2 amide bonds. The number of hydrogen-bond donors (Lipinski definition) is 2. The van der Waals surface area contributed by atoms with E-state index in [4.69, 9.17) is 4.99 Å². The molecule has 4 aromatic rings. The van der Waals surface area contributed by atoms with Crippen LogP contribution in [-0.4, -0.2) is 57.4 Å². The number of aliphatic imine (C=N–C) groups is 1. The Bertz CT molecular complexity index is 1710. The van der Waals surface area contributed by atoms with E-state index in [9.17, 15) is 19.8 Å². The number of benzene rings is 4. The molecule has 44 heavy (non-hydrogen) atoms. The summed E-state index contributed by atoms with van der Waals surface area (Å²) in [7, 11) is 0. The fraction of sp³-hybridized carbons (Fsp3) is 0.206. The molecule has 222 valence electrons. The summed E-state index contributed by atoms with van der Waals surface area (Å²) in [5, 5.41) is 19.1. The first-order valence-corrected chi connectivity index (χ1v) is 16.5. The number of phenols is 2. The molecule has 10 heteroatoms. The van der Waals surface area contributed by atoms with Crippen molar-refractivity contribution in [3.8, 4) is 11.5 Å². The second kappa shape index (κ2) is 11.9. The van der Waals surface area contributed by atoms with Crippen molar-refractivity contribution in [3.05, 3.63) is 119 Å². The van der Waals surface area contributed by atoms with Crippen molar-refractivity contribution in [3.63, 3.8) is 0 Å². The number of amides is 2. The largest absolute Gasteiger partial charge is 0.508 e. The van der Waals surface area contributed by atoms with Crippen LogP contribution in [0.4, 0.5) is 11.4 Å². The molecular formula is C34H30N4O4S2. The highest BCUT2D eigenvalue weighted by Gasteiger charge is 2.35. The maximum absolute atomic E-state index is 12.8. The molecule has 8 nitrogen and oxygen atoms in total. The molecular weight excluding hydrogens is 593 g/mol. The van der Waals surface area contributed by atoms with Crippen molar-refractivity contribution in [2.45, 2.75) is 17.3 Å². The molecule has 0 spiro atoms. The van der Waals surface area contributed by atoms with Crippen molar-refractivity contribution in [2.75, 3.05) is 34.4 Å². The Kier molecular flexibility index (Phi) is 7.69. The van der Waals surface area contributed by atoms with E-state index in [2.05, 4.69) is 17.0 Å². The molecule has 0 saturated carbocycles. The summed E-state index contributed by atoms with van der Waals surface area (Å²) in [6.45, 7) is 2.22. The van der Waals surface area contributed by atoms with Crippen molar-refractivity contribution >= 4 is 52.5 Å². The molecule has 0 bridgehead atoms. The van der Waals surface area contributed by atoms with Crippen LogP contribution in [0.5, 0.6) is 11.5 Å². The maximum atomic E-state index is 12.8. The van der Waals surface area contributed by atoms with E-state index in [0.29, 0.717) is 24.6 Å². The Morgan fingerprint density at radius 1 is 0.659 bits per heavy atom. The number of anilines is 2. The molecule has 7 rings (SSSR count). The Morgan fingerprint density at radius 3 is 1.64 bits per heavy atom. The van der Waals surface area contributed by atoms with E-state index in [0.717, 1.165) is 46.0 Å². The zero-order valence-electron chi connectivity index (χ0n) is 23.7. The third-order valence-corrected chi connectivity index (χ3v) is 10.4. The van der Waals surface area contributed by atoms with Gasteiger partial charge in [0.15, 0.2) is 0 Å². The predicted octanol–water partition coefficient (Wildman–Crippen LogP) is 5.92. The molecule has 3 heterocycles. The van der Waals surface area contributed by atoms with Gasteiger partial charge in [-0.3, -0.25) is 24.4 Å². The minimum absolute atomic E-state index is 0.0627. The van der Waals surface area contributed by atoms with Crippen LogP contribution in [0.3, 0.4) is 0 Å². The molecule has 2 N–H and O–H groups in total. The zero-order chi connectivity index (χ0) is 30.2. The quantitative estimate of drug-likeness (QED) is 0.264. The number of amidine groups is 1. The average Bonchev–Trinajstić information content (AvgIpc) is 3.77. The van der Waals surface area contributed by atoms with Crippen LogP contribution in [-0.2, 0) is 16.1 Å². The van der Waals surface area contributed by atoms with E-state index in [-0.39, 0.29) is 34.1 Å². The van der Waals surface area contributed by atoms with Crippen molar-refractivity contribution < 1.29 is 19.8 Å². The molecule has 2 fully saturated rings. The number of hydrogen-bond acceptors (Lipinski definition) is 8. The van der Waals surface area contributed by atoms with Crippen LogP contribution < -0.4 is 9.80 Å². The van der Waals surface area contributed by atoms with Crippen LogP contribution in [0.25, 0.3) is 0 Å². The predicted molar refractivity (Wildman–Crippen MR) is 176 cm³/mol. The van der Waals surface area contributed by atoms with Crippen LogP contribution in [0.15, 0.2) is 102 Å². The lowest BCUT2D eigenvalue weighted by Crippen LogP contribution is -2.29. The summed E-state index contributed by atoms with van der Waals surface area (Å²) in [5.74, 6) is 2.30. The fourth-order valence-electron chi connectivity index (χ4n) is 5.84. The van der Waals surface area contributed by atoms with Crippen LogP contribution in [0.1, 0.15) is 33.0 Å². The molecule has 3 aliphatic rings. The van der Waals surface area contributed by atoms with Gasteiger partial charge in [-0.25, -0.2) is 0 Å². The number of carbonyl (C=O) groups is 2. The number of carbonyl (C=O) groups excluding carboxylic acids is 2. The van der Waals surface area contributed by atoms with Gasteiger partial charge in [0.25, 0.3) is 0 Å². The second-order valence-electron chi connectivity index (χ2n) is 10.9. The smallest absolute Gasteiger partial charge is 0.238 e. The van der Waals surface area contributed by atoms with E-state index in [1.54, 1.807) is 47.8 Å². The average molecular weight is 623 g/mol. The van der Waals surface area contributed by atoms with Gasteiger partial charge < -0.3 is 15.1 Å². The molecule has 3 aliphatic heterocycles. The number of rotatable bonds is 7. The molecule has 0 aromatic heterocycles. The van der Waals surface area contributed by atoms with Gasteiger partial charge in [-0.1, -0.05) is 36.4 Å². The minimum atomic E-state index is -0.136. The number of phenolic OH excluding ortho intramolecular Hbond substituents is 2. The van der Waals surface area contributed by atoms with Gasteiger partial charge in [-0.05, 0) is 77.4 Å². The van der Waals surface area contributed by atoms with Gasteiger partial charge in [0.05, 0.1) is 18.1 Å². The van der Waals surface area contributed by atoms with Crippen LogP contribution >= 0.6 is 23.5 Å². The highest BCUT2D eigenvalue weighted by molar-refractivity contribution is 8.01. The highest BCUT2D eigenvalue weighted by Crippen LogP contribution is 2.43. The van der Waals surface area contributed by atoms with Crippen LogP contribution in [0, 0.1) is 0 Å². The summed E-state index contributed by atoms with van der Waals surface area (Å²) in [4.78, 5) is 36.4. The van der Waals surface area contributed by atoms with Crippen molar-refractivity contribution in [2.24, 2.45) is 4.99 Å². The molecule has 0 aliphatic carbocycles. The number of thioether (sulfide) groups is 2. The van der Waals surface area contributed by atoms with E-state index >= 15 is 0 Å². The third kappa shape index (κ3) is 5.51. The SMILES string of the molecule is O=C1CSC(c2ccc(O)cc2)N1c1ccc(CN2CCN=C2c2ccc(N3C(=O)CSC3c3ccc(O)cc3)cc2)cc1. The normalized spacial score (nSPS) is 20.1. The highest BCUT2D eigenvalue weighted by atomic mass is 32.2. The lowest BCUT2D eigenvalue weighted by atomic mass is 10.1. The van der Waals surface area contributed by atoms with Gasteiger partial charge in [-0.2, -0.15) is 0 Å². The third-order valence-electron chi connectivity index (χ3n) is 8.01. The first-order valence-electron chi connectivity index (χ1n) is 14.4. The van der Waals surface area contributed by atoms with Gasteiger partial charge in [0.2, 0.25) is 11.8 Å². The summed E-state index contributed by atoms with van der Waals surface area (Å²) in [6, 6.07) is 30.2.